The quantitative estimate of drug-likeness (QED) is 0.561. The van der Waals surface area contributed by atoms with Gasteiger partial charge in [-0.1, -0.05) is 12.1 Å². The maximum atomic E-state index is 11.0. The topological polar surface area (TPSA) is 46.2 Å². The molecule has 1 amide bonds. The predicted octanol–water partition coefficient (Wildman–Crippen LogP) is 1.07. The molecule has 0 atom stereocenters. The Kier molecular flexibility index (Phi) is 1.06. The monoisotopic (exact) mass is 149 g/mol. The molecule has 56 valence electrons. The second kappa shape index (κ2) is 1.92. The van der Waals surface area contributed by atoms with Gasteiger partial charge in [0.1, 0.15) is 0 Å². The molecule has 0 spiro atoms. The van der Waals surface area contributed by atoms with Crippen molar-refractivity contribution in [2.24, 2.45) is 0 Å². The van der Waals surface area contributed by atoms with E-state index in [4.69, 9.17) is 0 Å². The molecule has 1 N–H and O–H groups in total. The first-order chi connectivity index (χ1) is 5.29. The van der Waals surface area contributed by atoms with Gasteiger partial charge in [0.05, 0.1) is 11.3 Å². The molecule has 0 fully saturated rings. The van der Waals surface area contributed by atoms with Gasteiger partial charge in [-0.05, 0) is 12.1 Å². The Balaban J connectivity index is 0.000000720. The van der Waals surface area contributed by atoms with Crippen LogP contribution in [0.2, 0.25) is 0 Å². The summed E-state index contributed by atoms with van der Waals surface area (Å²) in [5.41, 5.74) is 1.08. The van der Waals surface area contributed by atoms with E-state index in [1.807, 2.05) is 0 Å². The van der Waals surface area contributed by atoms with E-state index < -0.39 is 11.7 Å². The number of amides is 1. The number of benzene rings is 1. The Morgan fingerprint density at radius 3 is 2.64 bits per heavy atom. The average molecular weight is 149 g/mol. The Morgan fingerprint density at radius 1 is 1.18 bits per heavy atom. The molecule has 2 rings (SSSR count). The van der Waals surface area contributed by atoms with E-state index in [1.54, 1.807) is 24.3 Å². The van der Waals surface area contributed by atoms with Crippen molar-refractivity contribution >= 4 is 17.4 Å². The van der Waals surface area contributed by atoms with Crippen LogP contribution >= 0.6 is 0 Å². The minimum absolute atomic E-state index is 0. The first kappa shape index (κ1) is 6.09. The average Bonchev–Trinajstić information content (AvgIpc) is 2.30. The third-order valence-corrected chi connectivity index (χ3v) is 1.63. The molecule has 1 aromatic carbocycles. The van der Waals surface area contributed by atoms with E-state index in [2.05, 4.69) is 5.32 Å². The highest BCUT2D eigenvalue weighted by molar-refractivity contribution is 6.51. The van der Waals surface area contributed by atoms with Crippen molar-refractivity contribution in [1.29, 1.82) is 0 Å². The van der Waals surface area contributed by atoms with E-state index in [-0.39, 0.29) is 1.43 Å². The first-order valence-electron chi connectivity index (χ1n) is 3.24. The van der Waals surface area contributed by atoms with Gasteiger partial charge >= 0.3 is 0 Å². The van der Waals surface area contributed by atoms with Gasteiger partial charge in [0.2, 0.25) is 0 Å². The molecule has 0 aliphatic carbocycles. The number of anilines is 1. The molecule has 0 radical (unpaired) electrons. The molecule has 0 bridgehead atoms. The Bertz CT molecular complexity index is 349. The molecule has 1 heterocycles. The van der Waals surface area contributed by atoms with Gasteiger partial charge in [0.15, 0.2) is 0 Å². The third kappa shape index (κ3) is 0.741. The van der Waals surface area contributed by atoms with Crippen molar-refractivity contribution in [1.82, 2.24) is 0 Å². The fourth-order valence-corrected chi connectivity index (χ4v) is 1.09. The smallest absolute Gasteiger partial charge is 0.296 e. The minimum Gasteiger partial charge on any atom is -0.318 e. The Hall–Kier alpha value is -1.64. The van der Waals surface area contributed by atoms with Crippen molar-refractivity contribution in [3.05, 3.63) is 29.8 Å². The van der Waals surface area contributed by atoms with Crippen LogP contribution in [0.3, 0.4) is 0 Å². The van der Waals surface area contributed by atoms with Crippen molar-refractivity contribution in [2.75, 3.05) is 5.32 Å². The second-order valence-electron chi connectivity index (χ2n) is 2.33. The number of nitrogens with one attached hydrogen (secondary N) is 1. The number of Topliss-reactive ketones (excluding diaryl/α,β-unsaturated/α-hetero) is 1. The number of carbonyl (C=O) groups excluding carboxylic acids is 2. The summed E-state index contributed by atoms with van der Waals surface area (Å²) in [4.78, 5) is 21.8. The van der Waals surface area contributed by atoms with Crippen LogP contribution in [0.4, 0.5) is 5.69 Å². The maximum Gasteiger partial charge on any atom is 0.296 e. The number of hydrogen-bond donors (Lipinski definition) is 1. The van der Waals surface area contributed by atoms with Gasteiger partial charge in [-0.15, -0.1) is 0 Å². The lowest BCUT2D eigenvalue weighted by molar-refractivity contribution is -0.112. The summed E-state index contributed by atoms with van der Waals surface area (Å²) in [7, 11) is 0. The Labute approximate surface area is 64.5 Å². The maximum absolute atomic E-state index is 11.0. The van der Waals surface area contributed by atoms with Crippen LogP contribution in [0.5, 0.6) is 0 Å². The first-order valence-corrected chi connectivity index (χ1v) is 3.24. The minimum atomic E-state index is -0.536. The molecule has 1 aliphatic heterocycles. The second-order valence-corrected chi connectivity index (χ2v) is 2.33. The number of para-hydroxylation sites is 1. The number of carbonyl (C=O) groups is 2. The van der Waals surface area contributed by atoms with Gasteiger partial charge in [-0.2, -0.15) is 0 Å². The molecule has 1 aromatic rings. The lowest BCUT2D eigenvalue weighted by Gasteiger charge is -1.91. The zero-order valence-corrected chi connectivity index (χ0v) is 5.63. The van der Waals surface area contributed by atoms with Gasteiger partial charge in [0, 0.05) is 1.43 Å². The zero-order valence-electron chi connectivity index (χ0n) is 5.63. The van der Waals surface area contributed by atoms with Crippen LogP contribution in [0.25, 0.3) is 0 Å². The zero-order chi connectivity index (χ0) is 7.84. The van der Waals surface area contributed by atoms with Crippen LogP contribution in [0.1, 0.15) is 11.8 Å². The summed E-state index contributed by atoms with van der Waals surface area (Å²) in [6.45, 7) is 0. The number of ketones is 1. The predicted molar refractivity (Wildman–Crippen MR) is 41.5 cm³/mol. The fraction of sp³-hybridized carbons (Fsp3) is 0. The summed E-state index contributed by atoms with van der Waals surface area (Å²) < 4.78 is 0. The van der Waals surface area contributed by atoms with Crippen LogP contribution in [-0.4, -0.2) is 11.7 Å². The van der Waals surface area contributed by atoms with Crippen molar-refractivity contribution in [3.8, 4) is 0 Å². The van der Waals surface area contributed by atoms with Gasteiger partial charge < -0.3 is 5.32 Å². The number of fused-ring (bicyclic) bond motifs is 1. The lowest BCUT2D eigenvalue weighted by atomic mass is 10.1. The Morgan fingerprint density at radius 2 is 1.91 bits per heavy atom. The highest BCUT2D eigenvalue weighted by Gasteiger charge is 2.26. The van der Waals surface area contributed by atoms with Crippen LogP contribution < -0.4 is 5.32 Å². The molecule has 0 aromatic heterocycles. The van der Waals surface area contributed by atoms with Gasteiger partial charge in [-0.25, -0.2) is 0 Å². The summed E-state index contributed by atoms with van der Waals surface area (Å²) in [5.74, 6) is -0.980. The van der Waals surface area contributed by atoms with E-state index in [0.717, 1.165) is 0 Å². The summed E-state index contributed by atoms with van der Waals surface area (Å²) in [6, 6.07) is 6.85. The van der Waals surface area contributed by atoms with E-state index >= 15 is 0 Å². The molecule has 0 saturated heterocycles. The molecule has 11 heavy (non-hydrogen) atoms. The summed E-state index contributed by atoms with van der Waals surface area (Å²) >= 11 is 0. The van der Waals surface area contributed by atoms with Crippen LogP contribution in [-0.2, 0) is 4.79 Å². The summed E-state index contributed by atoms with van der Waals surface area (Å²) in [6.07, 6.45) is 0. The van der Waals surface area contributed by atoms with Gasteiger partial charge in [-0.3, -0.25) is 9.59 Å². The van der Waals surface area contributed by atoms with Crippen molar-refractivity contribution in [2.45, 2.75) is 0 Å². The number of rotatable bonds is 0. The molecule has 0 unspecified atom stereocenters. The van der Waals surface area contributed by atoms with Gasteiger partial charge in [0.25, 0.3) is 11.7 Å². The highest BCUT2D eigenvalue weighted by atomic mass is 16.2. The van der Waals surface area contributed by atoms with Crippen LogP contribution in [0, 0.1) is 0 Å². The lowest BCUT2D eigenvalue weighted by Crippen LogP contribution is -2.12. The standard InChI is InChI=1S/C8H5NO2.H2/c10-7-5-3-1-2-4-6(5)9-8(7)11;/h1-4H,(H,9,10,11);1H. The SMILES string of the molecule is O=C1Nc2ccccc2C1=O.[HH]. The fourth-order valence-electron chi connectivity index (χ4n) is 1.09. The van der Waals surface area contributed by atoms with E-state index in [0.29, 0.717) is 11.3 Å². The van der Waals surface area contributed by atoms with Crippen molar-refractivity contribution in [3.63, 3.8) is 0 Å². The largest absolute Gasteiger partial charge is 0.318 e. The van der Waals surface area contributed by atoms with E-state index in [9.17, 15) is 9.59 Å². The number of hydrogen-bond acceptors (Lipinski definition) is 2. The van der Waals surface area contributed by atoms with Crippen molar-refractivity contribution < 1.29 is 11.0 Å². The van der Waals surface area contributed by atoms with E-state index in [1.165, 1.54) is 0 Å². The molecular weight excluding hydrogens is 142 g/mol. The summed E-state index contributed by atoms with van der Waals surface area (Å²) in [5, 5.41) is 2.46. The molecule has 3 nitrogen and oxygen atoms in total. The molecular formula is C8H7NO2. The normalized spacial score (nSPS) is 14.5. The van der Waals surface area contributed by atoms with Crippen LogP contribution in [0.15, 0.2) is 24.3 Å². The molecule has 0 saturated carbocycles. The highest BCUT2D eigenvalue weighted by Crippen LogP contribution is 2.21. The third-order valence-electron chi connectivity index (χ3n) is 1.63. The molecule has 1 aliphatic rings. The molecule has 3 heteroatoms.